The number of nitrogen functional groups attached to an aromatic ring is 1. The van der Waals surface area contributed by atoms with Gasteiger partial charge in [0.25, 0.3) is 0 Å². The number of hydrogen-bond acceptors (Lipinski definition) is 5. The molecule has 5 nitrogen and oxygen atoms in total. The Morgan fingerprint density at radius 3 is 2.86 bits per heavy atom. The fraction of sp³-hybridized carbons (Fsp3) is 0.375. The van der Waals surface area contributed by atoms with E-state index in [0.717, 1.165) is 44.0 Å². The SMILES string of the molecule is Nc1cc(-c2nc(NCC3CCOCC3)ccc2Cl)ccn1. The summed E-state index contributed by atoms with van der Waals surface area (Å²) in [6.07, 6.45) is 3.84. The summed E-state index contributed by atoms with van der Waals surface area (Å²) in [5, 5.41) is 3.99. The number of ether oxygens (including phenoxy) is 1. The van der Waals surface area contributed by atoms with Gasteiger partial charge >= 0.3 is 0 Å². The Hall–Kier alpha value is -1.85. The molecule has 0 atom stereocenters. The van der Waals surface area contributed by atoms with Crippen LogP contribution < -0.4 is 11.1 Å². The second-order valence-electron chi connectivity index (χ2n) is 5.43. The maximum Gasteiger partial charge on any atom is 0.126 e. The number of halogens is 1. The van der Waals surface area contributed by atoms with Crippen molar-refractivity contribution in [3.63, 3.8) is 0 Å². The lowest BCUT2D eigenvalue weighted by Gasteiger charge is -2.22. The first-order valence-corrected chi connectivity index (χ1v) is 7.80. The van der Waals surface area contributed by atoms with Gasteiger partial charge in [0, 0.05) is 31.5 Å². The first-order valence-electron chi connectivity index (χ1n) is 7.42. The van der Waals surface area contributed by atoms with Crippen molar-refractivity contribution < 1.29 is 4.74 Å². The molecule has 2 aromatic rings. The Bertz CT molecular complexity index is 644. The fourth-order valence-corrected chi connectivity index (χ4v) is 2.75. The van der Waals surface area contributed by atoms with E-state index in [9.17, 15) is 0 Å². The molecule has 3 heterocycles. The normalized spacial score (nSPS) is 15.7. The van der Waals surface area contributed by atoms with Crippen molar-refractivity contribution in [2.75, 3.05) is 30.8 Å². The number of aromatic nitrogens is 2. The van der Waals surface area contributed by atoms with E-state index in [1.54, 1.807) is 12.3 Å². The van der Waals surface area contributed by atoms with Crippen LogP contribution in [0.4, 0.5) is 11.6 Å². The summed E-state index contributed by atoms with van der Waals surface area (Å²) < 4.78 is 5.38. The highest BCUT2D eigenvalue weighted by Gasteiger charge is 2.14. The van der Waals surface area contributed by atoms with Crippen LogP contribution in [0.1, 0.15) is 12.8 Å². The van der Waals surface area contributed by atoms with Crippen LogP contribution in [0.3, 0.4) is 0 Å². The molecule has 0 aromatic carbocycles. The molecule has 1 aliphatic heterocycles. The van der Waals surface area contributed by atoms with Crippen molar-refractivity contribution in [1.82, 2.24) is 9.97 Å². The first-order chi connectivity index (χ1) is 10.7. The van der Waals surface area contributed by atoms with Crippen molar-refractivity contribution >= 4 is 23.2 Å². The van der Waals surface area contributed by atoms with E-state index in [-0.39, 0.29) is 0 Å². The molecule has 1 fully saturated rings. The van der Waals surface area contributed by atoms with Gasteiger partial charge in [0.1, 0.15) is 11.6 Å². The summed E-state index contributed by atoms with van der Waals surface area (Å²) in [7, 11) is 0. The minimum Gasteiger partial charge on any atom is -0.384 e. The Morgan fingerprint density at radius 1 is 1.27 bits per heavy atom. The van der Waals surface area contributed by atoms with E-state index in [2.05, 4.69) is 15.3 Å². The van der Waals surface area contributed by atoms with Crippen LogP contribution in [-0.2, 0) is 4.74 Å². The third-order valence-electron chi connectivity index (χ3n) is 3.81. The molecule has 1 aliphatic rings. The topological polar surface area (TPSA) is 73.1 Å². The summed E-state index contributed by atoms with van der Waals surface area (Å²) in [5.74, 6) is 1.91. The molecule has 3 N–H and O–H groups in total. The highest BCUT2D eigenvalue weighted by Crippen LogP contribution is 2.28. The van der Waals surface area contributed by atoms with Gasteiger partial charge in [-0.3, -0.25) is 0 Å². The quantitative estimate of drug-likeness (QED) is 0.905. The Morgan fingerprint density at radius 2 is 2.09 bits per heavy atom. The van der Waals surface area contributed by atoms with Gasteiger partial charge in [-0.05, 0) is 43.0 Å². The Balaban J connectivity index is 1.74. The smallest absolute Gasteiger partial charge is 0.126 e. The number of nitrogens with one attached hydrogen (secondary N) is 1. The van der Waals surface area contributed by atoms with E-state index >= 15 is 0 Å². The predicted octanol–water partition coefficient (Wildman–Crippen LogP) is 3.22. The van der Waals surface area contributed by atoms with Gasteiger partial charge in [0.15, 0.2) is 0 Å². The molecular formula is C16H19ClN4O. The number of rotatable bonds is 4. The van der Waals surface area contributed by atoms with Gasteiger partial charge in [0.2, 0.25) is 0 Å². The van der Waals surface area contributed by atoms with E-state index in [0.29, 0.717) is 22.5 Å². The summed E-state index contributed by atoms with van der Waals surface area (Å²) in [6, 6.07) is 7.38. The lowest BCUT2D eigenvalue weighted by Crippen LogP contribution is -2.22. The average Bonchev–Trinajstić information content (AvgIpc) is 2.55. The van der Waals surface area contributed by atoms with Gasteiger partial charge in [-0.2, -0.15) is 0 Å². The predicted molar refractivity (Wildman–Crippen MR) is 88.9 cm³/mol. The summed E-state index contributed by atoms with van der Waals surface area (Å²) >= 11 is 6.26. The molecule has 0 saturated carbocycles. The molecule has 0 aliphatic carbocycles. The van der Waals surface area contributed by atoms with Crippen molar-refractivity contribution in [3.05, 3.63) is 35.5 Å². The minimum absolute atomic E-state index is 0.455. The Labute approximate surface area is 134 Å². The van der Waals surface area contributed by atoms with Gasteiger partial charge in [0.05, 0.1) is 10.7 Å². The van der Waals surface area contributed by atoms with E-state index in [1.165, 1.54) is 0 Å². The first kappa shape index (κ1) is 15.1. The monoisotopic (exact) mass is 318 g/mol. The molecule has 22 heavy (non-hydrogen) atoms. The van der Waals surface area contributed by atoms with Crippen LogP contribution in [0.5, 0.6) is 0 Å². The average molecular weight is 319 g/mol. The standard InChI is InChI=1S/C16H19ClN4O/c17-13-1-2-15(20-10-11-4-7-22-8-5-11)21-16(13)12-3-6-19-14(18)9-12/h1-3,6,9,11H,4-5,7-8,10H2,(H2,18,19)(H,20,21). The molecule has 3 rings (SSSR count). The van der Waals surface area contributed by atoms with E-state index in [4.69, 9.17) is 22.1 Å². The molecule has 116 valence electrons. The third kappa shape index (κ3) is 3.67. The second-order valence-corrected chi connectivity index (χ2v) is 5.84. The third-order valence-corrected chi connectivity index (χ3v) is 4.12. The van der Waals surface area contributed by atoms with E-state index < -0.39 is 0 Å². The highest BCUT2D eigenvalue weighted by molar-refractivity contribution is 6.33. The molecule has 0 bridgehead atoms. The molecule has 0 radical (unpaired) electrons. The molecule has 0 unspecified atom stereocenters. The zero-order chi connectivity index (χ0) is 15.4. The lowest BCUT2D eigenvalue weighted by atomic mass is 10.0. The van der Waals surface area contributed by atoms with Crippen molar-refractivity contribution in [2.24, 2.45) is 5.92 Å². The van der Waals surface area contributed by atoms with Crippen LogP contribution in [0.15, 0.2) is 30.5 Å². The van der Waals surface area contributed by atoms with Crippen molar-refractivity contribution in [1.29, 1.82) is 0 Å². The van der Waals surface area contributed by atoms with E-state index in [1.807, 2.05) is 18.2 Å². The molecule has 0 spiro atoms. The van der Waals surface area contributed by atoms with Crippen LogP contribution in [0.2, 0.25) is 5.02 Å². The maximum absolute atomic E-state index is 6.26. The highest BCUT2D eigenvalue weighted by atomic mass is 35.5. The number of hydrogen-bond donors (Lipinski definition) is 2. The molecule has 6 heteroatoms. The zero-order valence-corrected chi connectivity index (χ0v) is 13.0. The summed E-state index contributed by atoms with van der Waals surface area (Å²) in [5.41, 5.74) is 7.31. The van der Waals surface area contributed by atoms with Gasteiger partial charge in [-0.25, -0.2) is 9.97 Å². The molecular weight excluding hydrogens is 300 g/mol. The van der Waals surface area contributed by atoms with Crippen molar-refractivity contribution in [2.45, 2.75) is 12.8 Å². The fourth-order valence-electron chi connectivity index (χ4n) is 2.54. The number of anilines is 2. The minimum atomic E-state index is 0.455. The van der Waals surface area contributed by atoms with Crippen LogP contribution in [-0.4, -0.2) is 29.7 Å². The Kier molecular flexibility index (Phi) is 4.75. The van der Waals surface area contributed by atoms with Gasteiger partial charge in [-0.15, -0.1) is 0 Å². The van der Waals surface area contributed by atoms with Crippen LogP contribution in [0.25, 0.3) is 11.3 Å². The molecule has 0 amide bonds. The lowest BCUT2D eigenvalue weighted by molar-refractivity contribution is 0.0699. The van der Waals surface area contributed by atoms with Crippen LogP contribution in [0, 0.1) is 5.92 Å². The zero-order valence-electron chi connectivity index (χ0n) is 12.3. The number of nitrogens with zero attached hydrogens (tertiary/aromatic N) is 2. The number of nitrogens with two attached hydrogens (primary N) is 1. The summed E-state index contributed by atoms with van der Waals surface area (Å²) in [6.45, 7) is 2.60. The van der Waals surface area contributed by atoms with Gasteiger partial charge in [-0.1, -0.05) is 11.6 Å². The maximum atomic E-state index is 6.26. The van der Waals surface area contributed by atoms with Crippen LogP contribution >= 0.6 is 11.6 Å². The molecule has 2 aromatic heterocycles. The number of pyridine rings is 2. The van der Waals surface area contributed by atoms with Crippen molar-refractivity contribution in [3.8, 4) is 11.3 Å². The molecule has 1 saturated heterocycles. The largest absolute Gasteiger partial charge is 0.384 e. The van der Waals surface area contributed by atoms with Gasteiger partial charge < -0.3 is 15.8 Å². The summed E-state index contributed by atoms with van der Waals surface area (Å²) in [4.78, 5) is 8.60. The second kappa shape index (κ2) is 6.94.